The van der Waals surface area contributed by atoms with E-state index in [2.05, 4.69) is 0 Å². The maximum absolute atomic E-state index is 11.8. The highest BCUT2D eigenvalue weighted by molar-refractivity contribution is 6.32. The summed E-state index contributed by atoms with van der Waals surface area (Å²) in [6, 6.07) is 6.47. The van der Waals surface area contributed by atoms with Crippen molar-refractivity contribution in [2.24, 2.45) is 0 Å². The summed E-state index contributed by atoms with van der Waals surface area (Å²) in [6.45, 7) is 4.26. The number of para-hydroxylation sites is 1. The Hall–Kier alpha value is -2.85. The van der Waals surface area contributed by atoms with Crippen molar-refractivity contribution in [3.8, 4) is 5.75 Å². The van der Waals surface area contributed by atoms with Gasteiger partial charge in [-0.15, -0.1) is 0 Å². The topological polar surface area (TPSA) is 124 Å². The third-order valence-electron chi connectivity index (χ3n) is 4.03. The van der Waals surface area contributed by atoms with Gasteiger partial charge in [-0.2, -0.15) is 0 Å². The molecule has 10 nitrogen and oxygen atoms in total. The quantitative estimate of drug-likeness (QED) is 0.441. The zero-order chi connectivity index (χ0) is 23.1. The van der Waals surface area contributed by atoms with Gasteiger partial charge in [-0.25, -0.2) is 0 Å². The molecule has 31 heavy (non-hydrogen) atoms. The first kappa shape index (κ1) is 24.4. The van der Waals surface area contributed by atoms with Crippen LogP contribution in [0.15, 0.2) is 24.3 Å². The number of benzene rings is 1. The van der Waals surface area contributed by atoms with E-state index in [-0.39, 0.29) is 17.4 Å². The fourth-order valence-electron chi connectivity index (χ4n) is 2.95. The van der Waals surface area contributed by atoms with Crippen LogP contribution < -0.4 is 4.74 Å². The van der Waals surface area contributed by atoms with Crippen molar-refractivity contribution in [2.75, 3.05) is 6.61 Å². The third-order valence-corrected chi connectivity index (χ3v) is 4.34. The van der Waals surface area contributed by atoms with Crippen LogP contribution in [-0.4, -0.2) is 61.2 Å². The standard InChI is InChI=1S/C20H23ClO10/c1-10(22)26-9-16-17(27-11(2)23)18(28-12(3)24)19(29-13(4)25)20(31-16)30-15-8-6-5-7-14(15)21/h5-8,16-20H,9H2,1-4H3/t16-,17+,18-,19-,20+/m0/s1. The molecule has 1 saturated heterocycles. The molecule has 1 aromatic rings. The molecule has 0 aliphatic carbocycles. The second-order valence-corrected chi connectivity index (χ2v) is 7.02. The van der Waals surface area contributed by atoms with Gasteiger partial charge in [-0.1, -0.05) is 23.7 Å². The van der Waals surface area contributed by atoms with E-state index in [1.54, 1.807) is 24.3 Å². The van der Waals surface area contributed by atoms with Gasteiger partial charge in [0.05, 0.1) is 5.02 Å². The number of rotatable bonds is 7. The molecule has 1 aliphatic rings. The Bertz CT molecular complexity index is 826. The molecule has 0 saturated carbocycles. The van der Waals surface area contributed by atoms with Gasteiger partial charge in [0.15, 0.2) is 12.2 Å². The number of carbonyl (C=O) groups is 4. The van der Waals surface area contributed by atoms with E-state index in [9.17, 15) is 19.2 Å². The Balaban J connectivity index is 2.46. The summed E-state index contributed by atoms with van der Waals surface area (Å²) < 4.78 is 32.5. The van der Waals surface area contributed by atoms with E-state index in [0.29, 0.717) is 0 Å². The van der Waals surface area contributed by atoms with Crippen LogP contribution in [0.3, 0.4) is 0 Å². The molecule has 0 amide bonds. The number of esters is 4. The third kappa shape index (κ3) is 7.11. The van der Waals surface area contributed by atoms with E-state index in [0.717, 1.165) is 20.8 Å². The molecule has 1 fully saturated rings. The maximum Gasteiger partial charge on any atom is 0.303 e. The monoisotopic (exact) mass is 458 g/mol. The fraction of sp³-hybridized carbons (Fsp3) is 0.500. The molecule has 0 bridgehead atoms. The molecule has 2 rings (SSSR count). The lowest BCUT2D eigenvalue weighted by Crippen LogP contribution is -2.63. The van der Waals surface area contributed by atoms with Crippen LogP contribution in [0.2, 0.25) is 5.02 Å². The molecule has 1 aromatic carbocycles. The molecule has 170 valence electrons. The van der Waals surface area contributed by atoms with Gasteiger partial charge in [0.25, 0.3) is 0 Å². The molecule has 1 heterocycles. The zero-order valence-corrected chi connectivity index (χ0v) is 18.1. The normalized spacial score (nSPS) is 25.1. The van der Waals surface area contributed by atoms with Crippen molar-refractivity contribution in [2.45, 2.75) is 58.4 Å². The van der Waals surface area contributed by atoms with Gasteiger partial charge in [0.2, 0.25) is 12.4 Å². The minimum Gasteiger partial charge on any atom is -0.463 e. The maximum atomic E-state index is 11.8. The van der Waals surface area contributed by atoms with Crippen molar-refractivity contribution in [3.63, 3.8) is 0 Å². The summed E-state index contributed by atoms with van der Waals surface area (Å²) in [5, 5.41) is 0.246. The Morgan fingerprint density at radius 2 is 1.39 bits per heavy atom. The summed E-state index contributed by atoms with van der Waals surface area (Å²) in [7, 11) is 0. The first-order chi connectivity index (χ1) is 14.6. The minimum absolute atomic E-state index is 0.199. The lowest BCUT2D eigenvalue weighted by atomic mass is 9.98. The number of ether oxygens (including phenoxy) is 6. The van der Waals surface area contributed by atoms with Crippen LogP contribution in [0.25, 0.3) is 0 Å². The first-order valence-electron chi connectivity index (χ1n) is 9.30. The smallest absolute Gasteiger partial charge is 0.303 e. The average Bonchev–Trinajstić information content (AvgIpc) is 2.65. The zero-order valence-electron chi connectivity index (χ0n) is 17.4. The van der Waals surface area contributed by atoms with Gasteiger partial charge in [0.1, 0.15) is 18.5 Å². The number of halogens is 1. The van der Waals surface area contributed by atoms with E-state index < -0.39 is 54.6 Å². The highest BCUT2D eigenvalue weighted by Gasteiger charge is 2.53. The second kappa shape index (κ2) is 11.0. The van der Waals surface area contributed by atoms with Crippen LogP contribution >= 0.6 is 11.6 Å². The lowest BCUT2D eigenvalue weighted by Gasteiger charge is -2.43. The Kier molecular flexibility index (Phi) is 8.64. The summed E-state index contributed by atoms with van der Waals surface area (Å²) in [4.78, 5) is 46.5. The van der Waals surface area contributed by atoms with E-state index in [1.165, 1.54) is 6.92 Å². The molecule has 11 heteroatoms. The van der Waals surface area contributed by atoms with Gasteiger partial charge in [0, 0.05) is 27.7 Å². The summed E-state index contributed by atoms with van der Waals surface area (Å²) >= 11 is 6.14. The summed E-state index contributed by atoms with van der Waals surface area (Å²) in [5.74, 6) is -2.59. The van der Waals surface area contributed by atoms with Gasteiger partial charge in [-0.05, 0) is 12.1 Å². The number of hydrogen-bond acceptors (Lipinski definition) is 10. The summed E-state index contributed by atoms with van der Waals surface area (Å²) in [5.41, 5.74) is 0. The van der Waals surface area contributed by atoms with Gasteiger partial charge < -0.3 is 28.4 Å². The molecule has 0 unspecified atom stereocenters. The number of hydrogen-bond donors (Lipinski definition) is 0. The van der Waals surface area contributed by atoms with Crippen LogP contribution in [0, 0.1) is 0 Å². The molecule has 5 atom stereocenters. The first-order valence-corrected chi connectivity index (χ1v) is 9.68. The van der Waals surface area contributed by atoms with Gasteiger partial charge >= 0.3 is 23.9 Å². The minimum atomic E-state index is -1.33. The molecule has 0 N–H and O–H groups in total. The molecule has 0 spiro atoms. The van der Waals surface area contributed by atoms with E-state index in [1.807, 2.05) is 0 Å². The molecule has 1 aliphatic heterocycles. The average molecular weight is 459 g/mol. The number of carbonyl (C=O) groups excluding carboxylic acids is 4. The molecular weight excluding hydrogens is 436 g/mol. The highest BCUT2D eigenvalue weighted by Crippen LogP contribution is 2.33. The van der Waals surface area contributed by atoms with Crippen molar-refractivity contribution in [3.05, 3.63) is 29.3 Å². The molecule has 0 aromatic heterocycles. The second-order valence-electron chi connectivity index (χ2n) is 6.62. The molecular formula is C20H23ClO10. The van der Waals surface area contributed by atoms with Gasteiger partial charge in [-0.3, -0.25) is 19.2 Å². The predicted octanol–water partition coefficient (Wildman–Crippen LogP) is 1.80. The highest BCUT2D eigenvalue weighted by atomic mass is 35.5. The van der Waals surface area contributed by atoms with E-state index in [4.69, 9.17) is 40.0 Å². The van der Waals surface area contributed by atoms with Crippen LogP contribution in [0.1, 0.15) is 27.7 Å². The summed E-state index contributed by atoms with van der Waals surface area (Å²) in [6.07, 6.45) is -6.32. The van der Waals surface area contributed by atoms with Crippen LogP contribution in [0.4, 0.5) is 0 Å². The van der Waals surface area contributed by atoms with E-state index >= 15 is 0 Å². The van der Waals surface area contributed by atoms with Crippen molar-refractivity contribution in [1.29, 1.82) is 0 Å². The predicted molar refractivity (Wildman–Crippen MR) is 104 cm³/mol. The Labute approximate surface area is 183 Å². The van der Waals surface area contributed by atoms with Crippen molar-refractivity contribution in [1.82, 2.24) is 0 Å². The largest absolute Gasteiger partial charge is 0.463 e. The van der Waals surface area contributed by atoms with Crippen LogP contribution in [-0.2, 0) is 42.9 Å². The van der Waals surface area contributed by atoms with Crippen molar-refractivity contribution < 1.29 is 47.6 Å². The SMILES string of the molecule is CC(=O)OC[C@@H]1O[C@@H](Oc2ccccc2Cl)[C@@H](OC(C)=O)[C@@H](OC(C)=O)[C@@H]1OC(C)=O. The lowest BCUT2D eigenvalue weighted by molar-refractivity contribution is -0.288. The van der Waals surface area contributed by atoms with Crippen molar-refractivity contribution >= 4 is 35.5 Å². The van der Waals surface area contributed by atoms with Crippen LogP contribution in [0.5, 0.6) is 5.75 Å². The fourth-order valence-corrected chi connectivity index (χ4v) is 3.13. The Morgan fingerprint density at radius 1 is 0.839 bits per heavy atom. The molecule has 0 radical (unpaired) electrons. The Morgan fingerprint density at radius 3 is 1.94 bits per heavy atom.